The summed E-state index contributed by atoms with van der Waals surface area (Å²) in [5, 5.41) is 13.8. The second-order valence-electron chi connectivity index (χ2n) is 9.85. The molecule has 0 amide bonds. The van der Waals surface area contributed by atoms with E-state index >= 15 is 0 Å². The third-order valence-electron chi connectivity index (χ3n) is 7.23. The number of esters is 2. The molecule has 2 aliphatic heterocycles. The van der Waals surface area contributed by atoms with Crippen LogP contribution in [0.25, 0.3) is 0 Å². The Morgan fingerprint density at radius 1 is 1.15 bits per heavy atom. The minimum Gasteiger partial charge on any atom is -0.504 e. The summed E-state index contributed by atoms with van der Waals surface area (Å²) in [6.07, 6.45) is 7.95. The Bertz CT molecular complexity index is 833. The molecule has 1 aromatic carbocycles. The number of hydrogen-bond donors (Lipinski definition) is 2. The van der Waals surface area contributed by atoms with Crippen molar-refractivity contribution in [2.45, 2.75) is 97.2 Å². The van der Waals surface area contributed by atoms with Gasteiger partial charge in [-0.15, -0.1) is 0 Å². The van der Waals surface area contributed by atoms with E-state index in [1.54, 1.807) is 6.07 Å². The highest BCUT2D eigenvalue weighted by molar-refractivity contribution is 5.66. The average Bonchev–Trinajstić information content (AvgIpc) is 2.81. The number of phenolic OH excluding ortho intramolecular Hbond substituents is 1. The summed E-state index contributed by atoms with van der Waals surface area (Å²) in [5.41, 5.74) is 1.91. The molecule has 7 heteroatoms. The predicted molar refractivity (Wildman–Crippen MR) is 130 cm³/mol. The number of phenols is 1. The highest BCUT2D eigenvalue weighted by atomic mass is 16.6. The molecule has 0 radical (unpaired) electrons. The van der Waals surface area contributed by atoms with Crippen molar-refractivity contribution < 1.29 is 28.9 Å². The number of benzene rings is 1. The van der Waals surface area contributed by atoms with E-state index in [0.717, 1.165) is 82.0 Å². The Morgan fingerprint density at radius 3 is 2.56 bits per heavy atom. The maximum atomic E-state index is 12.2. The third-order valence-corrected chi connectivity index (χ3v) is 7.23. The predicted octanol–water partition coefficient (Wildman–Crippen LogP) is 4.46. The van der Waals surface area contributed by atoms with E-state index in [1.165, 1.54) is 13.8 Å². The van der Waals surface area contributed by atoms with Crippen molar-refractivity contribution in [3.05, 3.63) is 23.3 Å². The maximum absolute atomic E-state index is 12.2. The summed E-state index contributed by atoms with van der Waals surface area (Å²) in [5.74, 6) is 0.163. The zero-order valence-electron chi connectivity index (χ0n) is 21.0. The monoisotopic (exact) mass is 475 g/mol. The maximum Gasteiger partial charge on any atom is 0.302 e. The molecule has 0 aromatic heterocycles. The highest BCUT2D eigenvalue weighted by Gasteiger charge is 2.44. The number of ether oxygens (including phenoxy) is 3. The van der Waals surface area contributed by atoms with E-state index < -0.39 is 0 Å². The molecule has 1 saturated heterocycles. The van der Waals surface area contributed by atoms with Gasteiger partial charge in [-0.3, -0.25) is 9.59 Å². The molecule has 2 N–H and O–H groups in total. The van der Waals surface area contributed by atoms with Crippen molar-refractivity contribution in [1.29, 1.82) is 0 Å². The van der Waals surface area contributed by atoms with Crippen LogP contribution in [0.3, 0.4) is 0 Å². The minimum absolute atomic E-state index is 0.181. The number of carbonyl (C=O) groups is 2. The fourth-order valence-electron chi connectivity index (χ4n) is 5.54. The van der Waals surface area contributed by atoms with Crippen molar-refractivity contribution in [1.82, 2.24) is 5.32 Å². The van der Waals surface area contributed by atoms with E-state index in [1.807, 2.05) is 6.07 Å². The molecule has 190 valence electrons. The summed E-state index contributed by atoms with van der Waals surface area (Å²) in [7, 11) is 0. The van der Waals surface area contributed by atoms with Crippen LogP contribution in [0.15, 0.2) is 12.1 Å². The van der Waals surface area contributed by atoms with Crippen LogP contribution in [0.2, 0.25) is 0 Å². The molecule has 2 atom stereocenters. The molecule has 2 aliphatic rings. The molecule has 1 fully saturated rings. The largest absolute Gasteiger partial charge is 0.504 e. The first kappa shape index (κ1) is 26.3. The van der Waals surface area contributed by atoms with Crippen LogP contribution in [0.4, 0.5) is 0 Å². The van der Waals surface area contributed by atoms with Crippen molar-refractivity contribution in [2.24, 2.45) is 5.41 Å². The molecular weight excluding hydrogens is 434 g/mol. The molecule has 2 heterocycles. The summed E-state index contributed by atoms with van der Waals surface area (Å²) in [6, 6.07) is 3.70. The van der Waals surface area contributed by atoms with Gasteiger partial charge in [0.15, 0.2) is 11.5 Å². The van der Waals surface area contributed by atoms with Gasteiger partial charge in [0, 0.05) is 31.2 Å². The first-order chi connectivity index (χ1) is 16.3. The number of hydrogen-bond acceptors (Lipinski definition) is 7. The molecule has 0 unspecified atom stereocenters. The number of piperidine rings is 1. The molecule has 3 rings (SSSR count). The van der Waals surface area contributed by atoms with E-state index in [-0.39, 0.29) is 35.3 Å². The lowest BCUT2D eigenvalue weighted by Gasteiger charge is -2.44. The molecule has 7 nitrogen and oxygen atoms in total. The molecule has 0 saturated carbocycles. The van der Waals surface area contributed by atoms with Crippen molar-refractivity contribution >= 4 is 11.9 Å². The Balaban J connectivity index is 1.92. The normalized spacial score (nSPS) is 18.8. The van der Waals surface area contributed by atoms with Gasteiger partial charge in [0.1, 0.15) is 12.2 Å². The van der Waals surface area contributed by atoms with Gasteiger partial charge in [-0.1, -0.05) is 25.8 Å². The molecule has 34 heavy (non-hydrogen) atoms. The van der Waals surface area contributed by atoms with E-state index in [2.05, 4.69) is 12.2 Å². The zero-order valence-corrected chi connectivity index (χ0v) is 21.0. The quantitative estimate of drug-likeness (QED) is 0.360. The van der Waals surface area contributed by atoms with Crippen molar-refractivity contribution in [2.75, 3.05) is 19.7 Å². The van der Waals surface area contributed by atoms with Crippen LogP contribution in [0, 0.1) is 5.41 Å². The molecule has 0 spiro atoms. The molecular formula is C27H41NO6. The number of nitrogens with one attached hydrogen (secondary N) is 1. The smallest absolute Gasteiger partial charge is 0.302 e. The number of unbranched alkanes of at least 4 members (excludes halogenated alkanes) is 2. The van der Waals surface area contributed by atoms with Gasteiger partial charge in [0.05, 0.1) is 6.61 Å². The lowest BCUT2D eigenvalue weighted by molar-refractivity contribution is -0.162. The van der Waals surface area contributed by atoms with Crippen LogP contribution in [0.1, 0.15) is 83.3 Å². The summed E-state index contributed by atoms with van der Waals surface area (Å²) >= 11 is 0. The second kappa shape index (κ2) is 12.4. The Morgan fingerprint density at radius 2 is 1.88 bits per heavy atom. The summed E-state index contributed by atoms with van der Waals surface area (Å²) < 4.78 is 17.5. The zero-order chi connectivity index (χ0) is 24.6. The van der Waals surface area contributed by atoms with Gasteiger partial charge in [-0.25, -0.2) is 0 Å². The van der Waals surface area contributed by atoms with E-state index in [9.17, 15) is 14.7 Å². The lowest BCUT2D eigenvalue weighted by Crippen LogP contribution is -2.49. The summed E-state index contributed by atoms with van der Waals surface area (Å²) in [6.45, 7) is 7.32. The third kappa shape index (κ3) is 6.87. The Labute approximate surface area is 203 Å². The second-order valence-corrected chi connectivity index (χ2v) is 9.85. The fraction of sp³-hybridized carbons (Fsp3) is 0.704. The van der Waals surface area contributed by atoms with Gasteiger partial charge in [-0.05, 0) is 69.7 Å². The lowest BCUT2D eigenvalue weighted by atomic mass is 9.67. The van der Waals surface area contributed by atoms with Crippen LogP contribution < -0.4 is 10.1 Å². The minimum atomic E-state index is -0.368. The highest BCUT2D eigenvalue weighted by Crippen LogP contribution is 2.44. The SMILES string of the molecule is CCCCC[C@H](C[C@@H](OC(C)=O)C1(Cc2ccc(O)c3c2CCCO3)CCNCC1)OC(C)=O. The Kier molecular flexibility index (Phi) is 9.63. The van der Waals surface area contributed by atoms with E-state index in [4.69, 9.17) is 14.2 Å². The first-order valence-electron chi connectivity index (χ1n) is 12.9. The standard InChI is InChI=1S/C27H41NO6/c1-4-5-6-8-22(33-19(2)29)17-25(34-20(3)30)27(12-14-28-15-13-27)18-21-10-11-24(31)26-23(21)9-7-16-32-26/h10-11,22,25,28,31H,4-9,12-18H2,1-3H3/t22-,25-/m1/s1. The van der Waals surface area contributed by atoms with Crippen LogP contribution in [-0.2, 0) is 31.9 Å². The van der Waals surface area contributed by atoms with Crippen molar-refractivity contribution in [3.63, 3.8) is 0 Å². The van der Waals surface area contributed by atoms with E-state index in [0.29, 0.717) is 18.8 Å². The Hall–Kier alpha value is -2.28. The van der Waals surface area contributed by atoms with Gasteiger partial charge in [-0.2, -0.15) is 0 Å². The molecule has 1 aromatic rings. The van der Waals surface area contributed by atoms with Crippen molar-refractivity contribution in [3.8, 4) is 11.5 Å². The number of fused-ring (bicyclic) bond motifs is 1. The first-order valence-corrected chi connectivity index (χ1v) is 12.9. The molecule has 0 aliphatic carbocycles. The number of aromatic hydroxyl groups is 1. The van der Waals surface area contributed by atoms with Crippen LogP contribution in [-0.4, -0.2) is 48.9 Å². The van der Waals surface area contributed by atoms with Gasteiger partial charge in [0.2, 0.25) is 0 Å². The molecule has 0 bridgehead atoms. The average molecular weight is 476 g/mol. The fourth-order valence-corrected chi connectivity index (χ4v) is 5.54. The number of rotatable bonds is 11. The van der Waals surface area contributed by atoms with Gasteiger partial charge in [0.25, 0.3) is 0 Å². The van der Waals surface area contributed by atoms with Gasteiger partial charge < -0.3 is 24.6 Å². The van der Waals surface area contributed by atoms with Gasteiger partial charge >= 0.3 is 11.9 Å². The summed E-state index contributed by atoms with van der Waals surface area (Å²) in [4.78, 5) is 24.1. The van der Waals surface area contributed by atoms with Crippen LogP contribution >= 0.6 is 0 Å². The topological polar surface area (TPSA) is 94.1 Å². The van der Waals surface area contributed by atoms with Crippen LogP contribution in [0.5, 0.6) is 11.5 Å². The number of carbonyl (C=O) groups excluding carboxylic acids is 2.